The first-order valence-corrected chi connectivity index (χ1v) is 8.35. The van der Waals surface area contributed by atoms with E-state index < -0.39 is 0 Å². The van der Waals surface area contributed by atoms with Gasteiger partial charge in [0, 0.05) is 35.8 Å². The first kappa shape index (κ1) is 13.7. The van der Waals surface area contributed by atoms with Crippen molar-refractivity contribution in [2.75, 3.05) is 31.1 Å². The molecule has 0 amide bonds. The molecule has 2 heterocycles. The average molecular weight is 344 g/mol. The highest BCUT2D eigenvalue weighted by Crippen LogP contribution is 2.30. The Morgan fingerprint density at radius 2 is 1.95 bits per heavy atom. The molecule has 0 saturated carbocycles. The second-order valence-corrected chi connectivity index (χ2v) is 6.85. The number of piperidine rings is 1. The molecule has 2 nitrogen and oxygen atoms in total. The Labute approximate surface area is 128 Å². The second-order valence-electron chi connectivity index (χ2n) is 5.58. The fourth-order valence-corrected chi connectivity index (χ4v) is 3.77. The highest BCUT2D eigenvalue weighted by atomic mass is 79.9. The topological polar surface area (TPSA) is 6.48 Å². The first-order valence-electron chi connectivity index (χ1n) is 7.18. The van der Waals surface area contributed by atoms with E-state index in [9.17, 15) is 0 Å². The zero-order valence-corrected chi connectivity index (χ0v) is 13.5. The van der Waals surface area contributed by atoms with Gasteiger partial charge in [0.15, 0.2) is 0 Å². The molecule has 2 saturated heterocycles. The summed E-state index contributed by atoms with van der Waals surface area (Å²) in [5, 5.41) is 0.790. The molecule has 104 valence electrons. The van der Waals surface area contributed by atoms with Gasteiger partial charge in [0.05, 0.1) is 5.02 Å². The van der Waals surface area contributed by atoms with Crippen molar-refractivity contribution in [1.29, 1.82) is 0 Å². The van der Waals surface area contributed by atoms with Crippen LogP contribution in [0, 0.1) is 0 Å². The van der Waals surface area contributed by atoms with Gasteiger partial charge in [-0.1, -0.05) is 18.0 Å². The minimum absolute atomic E-state index is 0.741. The van der Waals surface area contributed by atoms with Gasteiger partial charge in [-0.3, -0.25) is 4.90 Å². The lowest BCUT2D eigenvalue weighted by molar-refractivity contribution is 0.162. The van der Waals surface area contributed by atoms with Gasteiger partial charge < -0.3 is 4.90 Å². The Morgan fingerprint density at radius 3 is 2.79 bits per heavy atom. The maximum atomic E-state index is 6.09. The third-order valence-electron chi connectivity index (χ3n) is 4.32. The number of hydrogen-bond donors (Lipinski definition) is 0. The van der Waals surface area contributed by atoms with Crippen molar-refractivity contribution >= 4 is 33.2 Å². The molecule has 1 atom stereocenters. The van der Waals surface area contributed by atoms with Crippen LogP contribution in [0.5, 0.6) is 0 Å². The Hall–Kier alpha value is -0.250. The number of benzene rings is 1. The van der Waals surface area contributed by atoms with E-state index in [1.807, 2.05) is 6.07 Å². The van der Waals surface area contributed by atoms with Crippen LogP contribution in [-0.2, 0) is 0 Å². The lowest BCUT2D eigenvalue weighted by Crippen LogP contribution is -2.44. The lowest BCUT2D eigenvalue weighted by Gasteiger charge is -2.36. The van der Waals surface area contributed by atoms with E-state index in [0.717, 1.165) is 28.6 Å². The maximum Gasteiger partial charge on any atom is 0.0549 e. The second kappa shape index (κ2) is 6.02. The summed E-state index contributed by atoms with van der Waals surface area (Å²) in [6.07, 6.45) is 5.38. The zero-order chi connectivity index (χ0) is 13.2. The normalized spacial score (nSPS) is 24.9. The molecule has 0 aromatic heterocycles. The molecule has 3 rings (SSSR count). The first-order chi connectivity index (χ1) is 9.24. The number of rotatable bonds is 1. The van der Waals surface area contributed by atoms with Crippen molar-refractivity contribution < 1.29 is 0 Å². The molecule has 2 fully saturated rings. The van der Waals surface area contributed by atoms with Crippen LogP contribution in [0.2, 0.25) is 5.02 Å². The van der Waals surface area contributed by atoms with Gasteiger partial charge in [-0.15, -0.1) is 0 Å². The van der Waals surface area contributed by atoms with Gasteiger partial charge in [0.2, 0.25) is 0 Å². The van der Waals surface area contributed by atoms with E-state index in [4.69, 9.17) is 11.6 Å². The molecule has 4 heteroatoms. The molecule has 0 aliphatic carbocycles. The van der Waals surface area contributed by atoms with Crippen molar-refractivity contribution in [2.45, 2.75) is 31.7 Å². The third-order valence-corrected chi connectivity index (χ3v) is 5.54. The minimum Gasteiger partial charge on any atom is -0.370 e. The number of nitrogens with zero attached hydrogens (tertiary/aromatic N) is 2. The van der Waals surface area contributed by atoms with Crippen LogP contribution < -0.4 is 4.90 Å². The SMILES string of the molecule is Clc1ccc(N2CCCN3CCCCC3C2)cc1Br. The van der Waals surface area contributed by atoms with Crippen molar-refractivity contribution in [3.63, 3.8) is 0 Å². The largest absolute Gasteiger partial charge is 0.370 e. The van der Waals surface area contributed by atoms with Crippen LogP contribution in [0.25, 0.3) is 0 Å². The van der Waals surface area contributed by atoms with E-state index in [-0.39, 0.29) is 0 Å². The summed E-state index contributed by atoms with van der Waals surface area (Å²) in [5.41, 5.74) is 1.30. The van der Waals surface area contributed by atoms with Crippen LogP contribution in [-0.4, -0.2) is 37.1 Å². The van der Waals surface area contributed by atoms with Gasteiger partial charge in [-0.25, -0.2) is 0 Å². The van der Waals surface area contributed by atoms with Crippen LogP contribution in [0.4, 0.5) is 5.69 Å². The van der Waals surface area contributed by atoms with Gasteiger partial charge in [0.1, 0.15) is 0 Å². The quantitative estimate of drug-likeness (QED) is 0.755. The summed E-state index contributed by atoms with van der Waals surface area (Å²) >= 11 is 9.62. The summed E-state index contributed by atoms with van der Waals surface area (Å²) in [5.74, 6) is 0. The van der Waals surface area contributed by atoms with E-state index in [1.165, 1.54) is 44.5 Å². The maximum absolute atomic E-state index is 6.09. The minimum atomic E-state index is 0.741. The van der Waals surface area contributed by atoms with E-state index in [1.54, 1.807) is 0 Å². The van der Waals surface area contributed by atoms with Gasteiger partial charge in [-0.2, -0.15) is 0 Å². The molecule has 0 spiro atoms. The van der Waals surface area contributed by atoms with Crippen molar-refractivity contribution in [2.24, 2.45) is 0 Å². The van der Waals surface area contributed by atoms with Gasteiger partial charge in [-0.05, 0) is 59.9 Å². The highest BCUT2D eigenvalue weighted by molar-refractivity contribution is 9.10. The predicted molar refractivity (Wildman–Crippen MR) is 85.2 cm³/mol. The summed E-state index contributed by atoms with van der Waals surface area (Å²) in [7, 11) is 0. The van der Waals surface area contributed by atoms with Crippen molar-refractivity contribution in [3.8, 4) is 0 Å². The van der Waals surface area contributed by atoms with Crippen LogP contribution in [0.15, 0.2) is 22.7 Å². The number of anilines is 1. The summed E-state index contributed by atoms with van der Waals surface area (Å²) in [4.78, 5) is 5.21. The standard InChI is InChI=1S/C15H20BrClN2/c16-14-10-12(5-6-15(14)17)19-9-3-8-18-7-2-1-4-13(18)11-19/h5-6,10,13H,1-4,7-9,11H2. The molecule has 2 aliphatic rings. The molecular weight excluding hydrogens is 324 g/mol. The summed E-state index contributed by atoms with van der Waals surface area (Å²) in [6.45, 7) is 4.87. The molecular formula is C15H20BrClN2. The van der Waals surface area contributed by atoms with E-state index >= 15 is 0 Å². The Kier molecular flexibility index (Phi) is 4.35. The molecule has 1 unspecified atom stereocenters. The van der Waals surface area contributed by atoms with E-state index in [0.29, 0.717) is 0 Å². The number of fused-ring (bicyclic) bond motifs is 1. The summed E-state index contributed by atoms with van der Waals surface area (Å²) in [6, 6.07) is 7.03. The fraction of sp³-hybridized carbons (Fsp3) is 0.600. The Morgan fingerprint density at radius 1 is 1.11 bits per heavy atom. The van der Waals surface area contributed by atoms with Crippen LogP contribution in [0.1, 0.15) is 25.7 Å². The number of halogens is 2. The Bertz CT molecular complexity index is 452. The molecule has 2 aliphatic heterocycles. The third kappa shape index (κ3) is 3.09. The summed E-state index contributed by atoms with van der Waals surface area (Å²) < 4.78 is 0.997. The molecule has 19 heavy (non-hydrogen) atoms. The van der Waals surface area contributed by atoms with Crippen molar-refractivity contribution in [3.05, 3.63) is 27.7 Å². The average Bonchev–Trinajstić information content (AvgIpc) is 2.64. The molecule has 0 bridgehead atoms. The molecule has 0 N–H and O–H groups in total. The van der Waals surface area contributed by atoms with Crippen molar-refractivity contribution in [1.82, 2.24) is 4.90 Å². The van der Waals surface area contributed by atoms with Gasteiger partial charge >= 0.3 is 0 Å². The molecule has 1 aromatic carbocycles. The number of hydrogen-bond acceptors (Lipinski definition) is 2. The van der Waals surface area contributed by atoms with E-state index in [2.05, 4.69) is 37.9 Å². The smallest absolute Gasteiger partial charge is 0.0549 e. The predicted octanol–water partition coefficient (Wildman–Crippen LogP) is 4.17. The van der Waals surface area contributed by atoms with Crippen LogP contribution in [0.3, 0.4) is 0 Å². The zero-order valence-electron chi connectivity index (χ0n) is 11.1. The highest BCUT2D eigenvalue weighted by Gasteiger charge is 2.27. The van der Waals surface area contributed by atoms with Crippen LogP contribution >= 0.6 is 27.5 Å². The van der Waals surface area contributed by atoms with Gasteiger partial charge in [0.25, 0.3) is 0 Å². The Balaban J connectivity index is 1.78. The molecule has 0 radical (unpaired) electrons. The fourth-order valence-electron chi connectivity index (χ4n) is 3.29. The molecule has 1 aromatic rings. The monoisotopic (exact) mass is 342 g/mol. The lowest BCUT2D eigenvalue weighted by atomic mass is 10.0.